The molecular weight excluding hydrogens is 436 g/mol. The van der Waals surface area contributed by atoms with Gasteiger partial charge in [-0.3, -0.25) is 9.10 Å². The van der Waals surface area contributed by atoms with E-state index in [1.807, 2.05) is 58.0 Å². The van der Waals surface area contributed by atoms with Gasteiger partial charge in [0.2, 0.25) is 5.91 Å². The van der Waals surface area contributed by atoms with Crippen LogP contribution < -0.4 is 14.4 Å². The SMILES string of the molecule is CCOc1ccc(CNC(=O)CN(c2ccc(C)c(C)c2)S(=O)(=O)c2ccc(C)cc2)cc1. The van der Waals surface area contributed by atoms with Crippen molar-refractivity contribution in [3.05, 3.63) is 89.0 Å². The summed E-state index contributed by atoms with van der Waals surface area (Å²) in [6.07, 6.45) is 0. The maximum atomic E-state index is 13.5. The minimum absolute atomic E-state index is 0.144. The number of carbonyl (C=O) groups is 1. The first kappa shape index (κ1) is 24.3. The molecule has 0 aliphatic rings. The molecule has 1 amide bonds. The van der Waals surface area contributed by atoms with Crippen molar-refractivity contribution in [1.29, 1.82) is 0 Å². The summed E-state index contributed by atoms with van der Waals surface area (Å²) in [5.74, 6) is 0.371. The molecule has 0 aromatic heterocycles. The second kappa shape index (κ2) is 10.5. The monoisotopic (exact) mass is 466 g/mol. The predicted octanol–water partition coefficient (Wildman–Crippen LogP) is 4.52. The molecule has 6 nitrogen and oxygen atoms in total. The molecule has 0 atom stereocenters. The van der Waals surface area contributed by atoms with Crippen molar-refractivity contribution < 1.29 is 17.9 Å². The number of rotatable bonds is 9. The van der Waals surface area contributed by atoms with Gasteiger partial charge in [-0.05, 0) is 80.8 Å². The van der Waals surface area contributed by atoms with Crippen molar-refractivity contribution in [2.45, 2.75) is 39.1 Å². The first-order chi connectivity index (χ1) is 15.7. The van der Waals surface area contributed by atoms with Crippen LogP contribution in [0.5, 0.6) is 5.75 Å². The van der Waals surface area contributed by atoms with Crippen LogP contribution >= 0.6 is 0 Å². The van der Waals surface area contributed by atoms with E-state index in [4.69, 9.17) is 4.74 Å². The van der Waals surface area contributed by atoms with Gasteiger partial charge in [0, 0.05) is 6.54 Å². The molecule has 0 radical (unpaired) electrons. The van der Waals surface area contributed by atoms with Gasteiger partial charge in [-0.25, -0.2) is 8.42 Å². The molecule has 0 saturated carbocycles. The fourth-order valence-corrected chi connectivity index (χ4v) is 4.70. The molecule has 0 saturated heterocycles. The van der Waals surface area contributed by atoms with Gasteiger partial charge in [-0.2, -0.15) is 0 Å². The summed E-state index contributed by atoms with van der Waals surface area (Å²) >= 11 is 0. The second-order valence-electron chi connectivity index (χ2n) is 7.95. The maximum Gasteiger partial charge on any atom is 0.264 e. The van der Waals surface area contributed by atoms with Gasteiger partial charge >= 0.3 is 0 Å². The highest BCUT2D eigenvalue weighted by Crippen LogP contribution is 2.26. The molecule has 3 aromatic rings. The third-order valence-corrected chi connectivity index (χ3v) is 7.19. The fourth-order valence-electron chi connectivity index (χ4n) is 3.29. The van der Waals surface area contributed by atoms with Crippen LogP contribution in [0.1, 0.15) is 29.2 Å². The number of nitrogens with one attached hydrogen (secondary N) is 1. The van der Waals surface area contributed by atoms with E-state index in [9.17, 15) is 13.2 Å². The zero-order valence-corrected chi connectivity index (χ0v) is 20.3. The summed E-state index contributed by atoms with van der Waals surface area (Å²) < 4.78 is 33.6. The van der Waals surface area contributed by atoms with Gasteiger partial charge < -0.3 is 10.1 Å². The second-order valence-corrected chi connectivity index (χ2v) is 9.81. The number of sulfonamides is 1. The number of hydrogen-bond donors (Lipinski definition) is 1. The average molecular weight is 467 g/mol. The number of aryl methyl sites for hydroxylation is 3. The molecular formula is C26H30N2O4S. The molecule has 33 heavy (non-hydrogen) atoms. The minimum atomic E-state index is -3.93. The van der Waals surface area contributed by atoms with Crippen LogP contribution in [0, 0.1) is 20.8 Å². The normalized spacial score (nSPS) is 11.2. The van der Waals surface area contributed by atoms with E-state index in [2.05, 4.69) is 5.32 Å². The molecule has 0 bridgehead atoms. The van der Waals surface area contributed by atoms with Gasteiger partial charge in [0.15, 0.2) is 0 Å². The van der Waals surface area contributed by atoms with Crippen molar-refractivity contribution >= 4 is 21.6 Å². The number of hydrogen-bond acceptors (Lipinski definition) is 4. The van der Waals surface area contributed by atoms with Crippen LogP contribution in [-0.2, 0) is 21.4 Å². The Balaban J connectivity index is 1.82. The van der Waals surface area contributed by atoms with Crippen molar-refractivity contribution in [3.63, 3.8) is 0 Å². The highest BCUT2D eigenvalue weighted by molar-refractivity contribution is 7.92. The largest absolute Gasteiger partial charge is 0.494 e. The summed E-state index contributed by atoms with van der Waals surface area (Å²) in [4.78, 5) is 13.0. The van der Waals surface area contributed by atoms with Gasteiger partial charge in [-0.15, -0.1) is 0 Å². The molecule has 0 spiro atoms. The Morgan fingerprint density at radius 3 is 2.18 bits per heavy atom. The molecule has 7 heteroatoms. The van der Waals surface area contributed by atoms with Crippen molar-refractivity contribution in [1.82, 2.24) is 5.32 Å². The zero-order valence-electron chi connectivity index (χ0n) is 19.5. The number of amides is 1. The van der Waals surface area contributed by atoms with Crippen LogP contribution in [0.2, 0.25) is 0 Å². The lowest BCUT2D eigenvalue weighted by molar-refractivity contribution is -0.119. The van der Waals surface area contributed by atoms with Crippen LogP contribution in [0.15, 0.2) is 71.6 Å². The zero-order chi connectivity index (χ0) is 24.0. The van der Waals surface area contributed by atoms with E-state index < -0.39 is 15.9 Å². The topological polar surface area (TPSA) is 75.7 Å². The molecule has 0 unspecified atom stereocenters. The van der Waals surface area contributed by atoms with Crippen molar-refractivity contribution in [3.8, 4) is 5.75 Å². The van der Waals surface area contributed by atoms with Crippen LogP contribution in [0.4, 0.5) is 5.69 Å². The Morgan fingerprint density at radius 2 is 1.58 bits per heavy atom. The number of carbonyl (C=O) groups excluding carboxylic acids is 1. The van der Waals surface area contributed by atoms with Crippen LogP contribution in [-0.4, -0.2) is 27.5 Å². The van der Waals surface area contributed by atoms with Crippen molar-refractivity contribution in [2.24, 2.45) is 0 Å². The summed E-state index contributed by atoms with van der Waals surface area (Å²) in [5.41, 5.74) is 4.30. The van der Waals surface area contributed by atoms with E-state index in [0.29, 0.717) is 12.3 Å². The Morgan fingerprint density at radius 1 is 0.909 bits per heavy atom. The first-order valence-corrected chi connectivity index (χ1v) is 12.3. The lowest BCUT2D eigenvalue weighted by atomic mass is 10.1. The fraction of sp³-hybridized carbons (Fsp3) is 0.269. The molecule has 0 aliphatic heterocycles. The molecule has 3 rings (SSSR count). The highest BCUT2D eigenvalue weighted by atomic mass is 32.2. The lowest BCUT2D eigenvalue weighted by Crippen LogP contribution is -2.40. The number of ether oxygens (including phenoxy) is 1. The van der Waals surface area contributed by atoms with E-state index in [1.54, 1.807) is 36.4 Å². The Kier molecular flexibility index (Phi) is 7.76. The third-order valence-electron chi connectivity index (χ3n) is 5.40. The molecule has 1 N–H and O–H groups in total. The van der Waals surface area contributed by atoms with Gasteiger partial charge in [-0.1, -0.05) is 35.9 Å². The van der Waals surface area contributed by atoms with E-state index in [0.717, 1.165) is 32.3 Å². The number of nitrogens with zero attached hydrogens (tertiary/aromatic N) is 1. The maximum absolute atomic E-state index is 13.5. The Labute approximate surface area is 196 Å². The molecule has 0 fully saturated rings. The molecule has 3 aromatic carbocycles. The third kappa shape index (κ3) is 6.14. The quantitative estimate of drug-likeness (QED) is 0.503. The van der Waals surface area contributed by atoms with Crippen molar-refractivity contribution in [2.75, 3.05) is 17.5 Å². The lowest BCUT2D eigenvalue weighted by Gasteiger charge is -2.25. The smallest absolute Gasteiger partial charge is 0.264 e. The van der Waals surface area contributed by atoms with Crippen LogP contribution in [0.25, 0.3) is 0 Å². The van der Waals surface area contributed by atoms with Gasteiger partial charge in [0.25, 0.3) is 10.0 Å². The van der Waals surface area contributed by atoms with E-state index >= 15 is 0 Å². The summed E-state index contributed by atoms with van der Waals surface area (Å²) in [7, 11) is -3.93. The van der Waals surface area contributed by atoms with E-state index in [1.165, 1.54) is 0 Å². The molecule has 174 valence electrons. The summed E-state index contributed by atoms with van der Waals surface area (Å²) in [6.45, 7) is 8.24. The van der Waals surface area contributed by atoms with E-state index in [-0.39, 0.29) is 18.0 Å². The Hall–Kier alpha value is -3.32. The highest BCUT2D eigenvalue weighted by Gasteiger charge is 2.27. The average Bonchev–Trinajstić information content (AvgIpc) is 2.79. The van der Waals surface area contributed by atoms with Gasteiger partial charge in [0.1, 0.15) is 12.3 Å². The summed E-state index contributed by atoms with van der Waals surface area (Å²) in [6, 6.07) is 19.4. The minimum Gasteiger partial charge on any atom is -0.494 e. The summed E-state index contributed by atoms with van der Waals surface area (Å²) in [5, 5.41) is 2.82. The standard InChI is InChI=1S/C26H30N2O4S/c1-5-32-24-12-9-22(10-13-24)17-27-26(29)18-28(23-11-8-20(3)21(4)16-23)33(30,31)25-14-6-19(2)7-15-25/h6-16H,5,17-18H2,1-4H3,(H,27,29). The number of anilines is 1. The number of benzene rings is 3. The van der Waals surface area contributed by atoms with Crippen LogP contribution in [0.3, 0.4) is 0 Å². The predicted molar refractivity (Wildman–Crippen MR) is 131 cm³/mol. The first-order valence-electron chi connectivity index (χ1n) is 10.9. The Bertz CT molecular complexity index is 1200. The molecule has 0 heterocycles. The van der Waals surface area contributed by atoms with Gasteiger partial charge in [0.05, 0.1) is 17.2 Å². The molecule has 0 aliphatic carbocycles.